The fourth-order valence-electron chi connectivity index (χ4n) is 1.91. The van der Waals surface area contributed by atoms with Crippen LogP contribution in [0.1, 0.15) is 11.1 Å². The van der Waals surface area contributed by atoms with E-state index in [-0.39, 0.29) is 0 Å². The Morgan fingerprint density at radius 3 is 2.93 bits per heavy atom. The van der Waals surface area contributed by atoms with Gasteiger partial charge in [0, 0.05) is 19.1 Å². The van der Waals surface area contributed by atoms with Crippen LogP contribution in [0.4, 0.5) is 0 Å². The SMILES string of the molecule is COCC1=[NH+]CCc2cc(OC)ccc21. The van der Waals surface area contributed by atoms with Crippen LogP contribution < -0.4 is 9.73 Å². The smallest absolute Gasteiger partial charge is 0.207 e. The van der Waals surface area contributed by atoms with Gasteiger partial charge in [0.1, 0.15) is 18.9 Å². The van der Waals surface area contributed by atoms with E-state index in [4.69, 9.17) is 9.47 Å². The number of hydrogen-bond acceptors (Lipinski definition) is 2. The molecule has 3 heteroatoms. The summed E-state index contributed by atoms with van der Waals surface area (Å²) in [4.78, 5) is 3.36. The lowest BCUT2D eigenvalue weighted by Crippen LogP contribution is -2.76. The molecule has 0 bridgehead atoms. The Morgan fingerprint density at radius 2 is 2.20 bits per heavy atom. The second-order valence-corrected chi connectivity index (χ2v) is 3.61. The van der Waals surface area contributed by atoms with E-state index in [0.717, 1.165) is 18.7 Å². The Kier molecular flexibility index (Phi) is 3.02. The summed E-state index contributed by atoms with van der Waals surface area (Å²) in [7, 11) is 3.41. The molecule has 0 unspecified atom stereocenters. The normalized spacial score (nSPS) is 14.4. The Morgan fingerprint density at radius 1 is 1.33 bits per heavy atom. The molecule has 0 saturated heterocycles. The standard InChI is InChI=1S/C12H15NO2/c1-14-8-12-11-4-3-10(15-2)7-9(11)5-6-13-12/h3-4,7H,5-6,8H2,1-2H3/p+1. The molecule has 80 valence electrons. The molecule has 1 aliphatic heterocycles. The van der Waals surface area contributed by atoms with Crippen molar-refractivity contribution in [2.24, 2.45) is 0 Å². The lowest BCUT2D eigenvalue weighted by Gasteiger charge is -2.12. The summed E-state index contributed by atoms with van der Waals surface area (Å²) in [6.07, 6.45) is 1.04. The maximum atomic E-state index is 5.21. The molecule has 0 aliphatic carbocycles. The molecule has 0 fully saturated rings. The average molecular weight is 206 g/mol. The average Bonchev–Trinajstić information content (AvgIpc) is 2.29. The number of nitrogens with one attached hydrogen (secondary N) is 1. The van der Waals surface area contributed by atoms with Crippen LogP contribution in [0.25, 0.3) is 0 Å². The second kappa shape index (κ2) is 4.45. The van der Waals surface area contributed by atoms with Crippen LogP contribution in [-0.2, 0) is 11.2 Å². The summed E-state index contributed by atoms with van der Waals surface area (Å²) in [6.45, 7) is 1.61. The van der Waals surface area contributed by atoms with Gasteiger partial charge in [-0.05, 0) is 23.8 Å². The van der Waals surface area contributed by atoms with E-state index in [1.54, 1.807) is 14.2 Å². The highest BCUT2D eigenvalue weighted by Gasteiger charge is 2.19. The molecule has 2 rings (SSSR count). The van der Waals surface area contributed by atoms with Crippen LogP contribution in [0.15, 0.2) is 18.2 Å². The zero-order valence-corrected chi connectivity index (χ0v) is 9.17. The van der Waals surface area contributed by atoms with Crippen LogP contribution in [-0.4, -0.2) is 33.1 Å². The van der Waals surface area contributed by atoms with E-state index < -0.39 is 0 Å². The molecule has 15 heavy (non-hydrogen) atoms. The third-order valence-electron chi connectivity index (χ3n) is 2.66. The van der Waals surface area contributed by atoms with Gasteiger partial charge in [-0.25, -0.2) is 4.99 Å². The molecule has 1 aliphatic rings. The maximum Gasteiger partial charge on any atom is 0.207 e. The first-order chi connectivity index (χ1) is 7.35. The molecular formula is C12H16NO2+. The van der Waals surface area contributed by atoms with Crippen LogP contribution in [0.2, 0.25) is 0 Å². The molecule has 1 heterocycles. The zero-order chi connectivity index (χ0) is 10.7. The van der Waals surface area contributed by atoms with Gasteiger partial charge >= 0.3 is 0 Å². The van der Waals surface area contributed by atoms with Crippen molar-refractivity contribution in [3.8, 4) is 5.75 Å². The Bertz CT molecular complexity index is 385. The lowest BCUT2D eigenvalue weighted by atomic mass is 9.98. The van der Waals surface area contributed by atoms with E-state index in [2.05, 4.69) is 17.1 Å². The first-order valence-corrected chi connectivity index (χ1v) is 5.11. The van der Waals surface area contributed by atoms with E-state index in [1.165, 1.54) is 16.8 Å². The molecule has 1 N–H and O–H groups in total. The zero-order valence-electron chi connectivity index (χ0n) is 9.17. The van der Waals surface area contributed by atoms with Gasteiger partial charge in [-0.15, -0.1) is 0 Å². The van der Waals surface area contributed by atoms with Crippen LogP contribution in [0, 0.1) is 0 Å². The van der Waals surface area contributed by atoms with Crippen molar-refractivity contribution in [1.29, 1.82) is 0 Å². The molecule has 1 aromatic rings. The molecule has 0 radical (unpaired) electrons. The Labute approximate surface area is 89.7 Å². The summed E-state index contributed by atoms with van der Waals surface area (Å²) in [5.74, 6) is 0.924. The third-order valence-corrected chi connectivity index (χ3v) is 2.66. The van der Waals surface area contributed by atoms with Crippen molar-refractivity contribution in [3.63, 3.8) is 0 Å². The van der Waals surface area contributed by atoms with Crippen molar-refractivity contribution in [2.75, 3.05) is 27.4 Å². The van der Waals surface area contributed by atoms with Crippen LogP contribution >= 0.6 is 0 Å². The maximum absolute atomic E-state index is 5.21. The molecular weight excluding hydrogens is 190 g/mol. The van der Waals surface area contributed by atoms with E-state index in [1.807, 2.05) is 6.07 Å². The quantitative estimate of drug-likeness (QED) is 0.741. The highest BCUT2D eigenvalue weighted by atomic mass is 16.5. The fourth-order valence-corrected chi connectivity index (χ4v) is 1.91. The van der Waals surface area contributed by atoms with Crippen molar-refractivity contribution in [2.45, 2.75) is 6.42 Å². The number of hydrogen-bond donors (Lipinski definition) is 1. The van der Waals surface area contributed by atoms with Gasteiger partial charge in [0.05, 0.1) is 7.11 Å². The number of fused-ring (bicyclic) bond motifs is 1. The first kappa shape index (κ1) is 10.2. The summed E-state index contributed by atoms with van der Waals surface area (Å²) < 4.78 is 10.4. The van der Waals surface area contributed by atoms with Gasteiger partial charge in [0.15, 0.2) is 0 Å². The topological polar surface area (TPSA) is 32.4 Å². The van der Waals surface area contributed by atoms with E-state index in [0.29, 0.717) is 6.61 Å². The largest absolute Gasteiger partial charge is 0.497 e. The van der Waals surface area contributed by atoms with Crippen molar-refractivity contribution in [3.05, 3.63) is 29.3 Å². The Hall–Kier alpha value is -1.35. The van der Waals surface area contributed by atoms with Gasteiger partial charge in [-0.1, -0.05) is 0 Å². The molecule has 0 amide bonds. The second-order valence-electron chi connectivity index (χ2n) is 3.61. The molecule has 3 nitrogen and oxygen atoms in total. The molecule has 1 aromatic carbocycles. The first-order valence-electron chi connectivity index (χ1n) is 5.11. The minimum atomic E-state index is 0.638. The lowest BCUT2D eigenvalue weighted by molar-refractivity contribution is -0.459. The fraction of sp³-hybridized carbons (Fsp3) is 0.417. The number of ether oxygens (including phenoxy) is 2. The van der Waals surface area contributed by atoms with Gasteiger partial charge in [-0.2, -0.15) is 0 Å². The third kappa shape index (κ3) is 2.02. The van der Waals surface area contributed by atoms with Crippen molar-refractivity contribution >= 4 is 5.71 Å². The van der Waals surface area contributed by atoms with Crippen LogP contribution in [0.5, 0.6) is 5.75 Å². The van der Waals surface area contributed by atoms with Gasteiger partial charge < -0.3 is 9.47 Å². The number of benzene rings is 1. The molecule has 0 aromatic heterocycles. The molecule has 0 spiro atoms. The predicted molar refractivity (Wildman–Crippen MR) is 58.5 cm³/mol. The minimum Gasteiger partial charge on any atom is -0.497 e. The van der Waals surface area contributed by atoms with Gasteiger partial charge in [-0.3, -0.25) is 0 Å². The summed E-state index contributed by atoms with van der Waals surface area (Å²) in [5.41, 5.74) is 3.76. The summed E-state index contributed by atoms with van der Waals surface area (Å²) in [6, 6.07) is 6.18. The molecule has 0 saturated carbocycles. The Balaban J connectivity index is 2.35. The number of rotatable bonds is 3. The monoisotopic (exact) mass is 206 g/mol. The molecule has 0 atom stereocenters. The van der Waals surface area contributed by atoms with E-state index in [9.17, 15) is 0 Å². The summed E-state index contributed by atoms with van der Waals surface area (Å²) >= 11 is 0. The predicted octanol–water partition coefficient (Wildman–Crippen LogP) is -0.233. The van der Waals surface area contributed by atoms with Crippen molar-refractivity contribution in [1.82, 2.24) is 0 Å². The highest BCUT2D eigenvalue weighted by Crippen LogP contribution is 2.18. The van der Waals surface area contributed by atoms with Crippen molar-refractivity contribution < 1.29 is 14.5 Å². The van der Waals surface area contributed by atoms with Gasteiger partial charge in [0.2, 0.25) is 5.71 Å². The van der Waals surface area contributed by atoms with E-state index >= 15 is 0 Å². The highest BCUT2D eigenvalue weighted by molar-refractivity contribution is 5.99. The van der Waals surface area contributed by atoms with Crippen LogP contribution in [0.3, 0.4) is 0 Å². The minimum absolute atomic E-state index is 0.638. The van der Waals surface area contributed by atoms with Gasteiger partial charge in [0.25, 0.3) is 0 Å². The number of methoxy groups -OCH3 is 2. The summed E-state index contributed by atoms with van der Waals surface area (Å²) in [5, 5.41) is 0.